The fraction of sp³-hybridized carbons (Fsp3) is 0.273. The molecule has 1 aromatic carbocycles. The summed E-state index contributed by atoms with van der Waals surface area (Å²) in [5, 5.41) is 8.81. The molecule has 0 saturated carbocycles. The van der Waals surface area contributed by atoms with Crippen LogP contribution in [0.15, 0.2) is 12.1 Å². The van der Waals surface area contributed by atoms with Crippen molar-refractivity contribution in [2.24, 2.45) is 0 Å². The standard InChI is InChI=1S/C11H8F3NO4/c1-17-8-4-9(19-11(12,13)14)7(10(16)18-2)3-6(8)5-15/h3-4H,1-2H3. The summed E-state index contributed by atoms with van der Waals surface area (Å²) in [5.74, 6) is -2.00. The number of esters is 1. The molecule has 0 aliphatic heterocycles. The number of halogens is 3. The van der Waals surface area contributed by atoms with Gasteiger partial charge in [0.2, 0.25) is 0 Å². The van der Waals surface area contributed by atoms with Crippen LogP contribution in [0.2, 0.25) is 0 Å². The van der Waals surface area contributed by atoms with E-state index >= 15 is 0 Å². The fourth-order valence-corrected chi connectivity index (χ4v) is 1.30. The Morgan fingerprint density at radius 2 is 1.89 bits per heavy atom. The van der Waals surface area contributed by atoms with Crippen LogP contribution in [0.4, 0.5) is 13.2 Å². The van der Waals surface area contributed by atoms with Gasteiger partial charge in [0.15, 0.2) is 0 Å². The number of methoxy groups -OCH3 is 2. The van der Waals surface area contributed by atoms with Gasteiger partial charge in [0, 0.05) is 6.07 Å². The molecule has 19 heavy (non-hydrogen) atoms. The summed E-state index contributed by atoms with van der Waals surface area (Å²) in [6.07, 6.45) is -4.98. The van der Waals surface area contributed by atoms with Gasteiger partial charge in [-0.05, 0) is 6.07 Å². The van der Waals surface area contributed by atoms with Gasteiger partial charge in [0.05, 0.1) is 19.8 Å². The summed E-state index contributed by atoms with van der Waals surface area (Å²) in [7, 11) is 2.17. The number of nitrogens with zero attached hydrogens (tertiary/aromatic N) is 1. The van der Waals surface area contributed by atoms with Crippen molar-refractivity contribution in [3.05, 3.63) is 23.3 Å². The lowest BCUT2D eigenvalue weighted by molar-refractivity contribution is -0.274. The van der Waals surface area contributed by atoms with Crippen molar-refractivity contribution in [2.45, 2.75) is 6.36 Å². The van der Waals surface area contributed by atoms with Crippen LogP contribution in [-0.2, 0) is 4.74 Å². The van der Waals surface area contributed by atoms with E-state index in [4.69, 9.17) is 10.00 Å². The Hall–Kier alpha value is -2.43. The molecule has 0 fully saturated rings. The van der Waals surface area contributed by atoms with Crippen LogP contribution in [0.1, 0.15) is 15.9 Å². The largest absolute Gasteiger partial charge is 0.573 e. The second kappa shape index (κ2) is 5.48. The maximum Gasteiger partial charge on any atom is 0.573 e. The number of hydrogen-bond acceptors (Lipinski definition) is 5. The van der Waals surface area contributed by atoms with Gasteiger partial charge in [-0.2, -0.15) is 5.26 Å². The predicted octanol–water partition coefficient (Wildman–Crippen LogP) is 2.25. The molecule has 0 spiro atoms. The lowest BCUT2D eigenvalue weighted by Gasteiger charge is -2.14. The van der Waals surface area contributed by atoms with Crippen molar-refractivity contribution in [2.75, 3.05) is 14.2 Å². The van der Waals surface area contributed by atoms with Crippen molar-refractivity contribution < 1.29 is 32.2 Å². The number of carbonyl (C=O) groups excluding carboxylic acids is 1. The monoisotopic (exact) mass is 275 g/mol. The van der Waals surface area contributed by atoms with Gasteiger partial charge in [-0.15, -0.1) is 13.2 Å². The number of benzene rings is 1. The van der Waals surface area contributed by atoms with E-state index < -0.39 is 23.6 Å². The van der Waals surface area contributed by atoms with E-state index in [-0.39, 0.29) is 11.3 Å². The van der Waals surface area contributed by atoms with E-state index in [0.29, 0.717) is 0 Å². The van der Waals surface area contributed by atoms with Crippen molar-refractivity contribution in [3.63, 3.8) is 0 Å². The van der Waals surface area contributed by atoms with Crippen LogP contribution in [-0.4, -0.2) is 26.6 Å². The molecule has 8 heteroatoms. The number of hydrogen-bond donors (Lipinski definition) is 0. The summed E-state index contributed by atoms with van der Waals surface area (Å²) >= 11 is 0. The number of nitriles is 1. The van der Waals surface area contributed by atoms with Gasteiger partial charge < -0.3 is 14.2 Å². The van der Waals surface area contributed by atoms with Gasteiger partial charge >= 0.3 is 12.3 Å². The number of alkyl halides is 3. The zero-order valence-corrected chi connectivity index (χ0v) is 9.87. The van der Waals surface area contributed by atoms with Crippen LogP contribution >= 0.6 is 0 Å². The topological polar surface area (TPSA) is 68.6 Å². The molecule has 0 bridgehead atoms. The number of carbonyl (C=O) groups is 1. The van der Waals surface area contributed by atoms with Gasteiger partial charge in [-0.3, -0.25) is 0 Å². The van der Waals surface area contributed by atoms with Crippen LogP contribution in [0.5, 0.6) is 11.5 Å². The molecule has 0 heterocycles. The minimum absolute atomic E-state index is 0.113. The van der Waals surface area contributed by atoms with Crippen LogP contribution in [0.3, 0.4) is 0 Å². The molecular formula is C11H8F3NO4. The molecule has 0 radical (unpaired) electrons. The summed E-state index contributed by atoms with van der Waals surface area (Å²) in [5.41, 5.74) is -0.630. The Morgan fingerprint density at radius 1 is 1.26 bits per heavy atom. The first-order valence-corrected chi connectivity index (χ1v) is 4.78. The number of ether oxygens (including phenoxy) is 3. The van der Waals surface area contributed by atoms with E-state index in [9.17, 15) is 18.0 Å². The maximum atomic E-state index is 12.2. The highest BCUT2D eigenvalue weighted by molar-refractivity contribution is 5.93. The zero-order valence-electron chi connectivity index (χ0n) is 9.87. The second-order valence-electron chi connectivity index (χ2n) is 3.20. The Labute approximate surface area is 106 Å². The third kappa shape index (κ3) is 3.51. The SMILES string of the molecule is COC(=O)c1cc(C#N)c(OC)cc1OC(F)(F)F. The minimum Gasteiger partial charge on any atom is -0.495 e. The fourth-order valence-electron chi connectivity index (χ4n) is 1.30. The Bertz CT molecular complexity index is 534. The van der Waals surface area contributed by atoms with E-state index in [1.54, 1.807) is 6.07 Å². The quantitative estimate of drug-likeness (QED) is 0.791. The Morgan fingerprint density at radius 3 is 2.32 bits per heavy atom. The van der Waals surface area contributed by atoms with Gasteiger partial charge in [-0.25, -0.2) is 4.79 Å². The molecule has 102 valence electrons. The summed E-state index contributed by atoms with van der Waals surface area (Å²) < 4.78 is 49.5. The highest BCUT2D eigenvalue weighted by Gasteiger charge is 2.34. The lowest BCUT2D eigenvalue weighted by atomic mass is 10.1. The maximum absolute atomic E-state index is 12.2. The van der Waals surface area contributed by atoms with Crippen LogP contribution in [0.25, 0.3) is 0 Å². The first-order chi connectivity index (χ1) is 8.82. The molecule has 5 nitrogen and oxygen atoms in total. The average molecular weight is 275 g/mol. The zero-order chi connectivity index (χ0) is 14.6. The van der Waals surface area contributed by atoms with Crippen molar-refractivity contribution >= 4 is 5.97 Å². The van der Waals surface area contributed by atoms with Crippen LogP contribution in [0, 0.1) is 11.3 Å². The van der Waals surface area contributed by atoms with Crippen LogP contribution < -0.4 is 9.47 Å². The molecule has 0 aromatic heterocycles. The second-order valence-corrected chi connectivity index (χ2v) is 3.20. The minimum atomic E-state index is -4.98. The van der Waals surface area contributed by atoms with Gasteiger partial charge in [-0.1, -0.05) is 0 Å². The lowest BCUT2D eigenvalue weighted by Crippen LogP contribution is -2.19. The molecule has 1 aromatic rings. The molecule has 0 aliphatic rings. The average Bonchev–Trinajstić information content (AvgIpc) is 2.35. The number of rotatable bonds is 3. The molecule has 1 rings (SSSR count). The van der Waals surface area contributed by atoms with E-state index in [1.165, 1.54) is 7.11 Å². The molecule has 0 saturated heterocycles. The molecule has 0 amide bonds. The summed E-state index contributed by atoms with van der Waals surface area (Å²) in [4.78, 5) is 11.4. The molecule has 0 unspecified atom stereocenters. The Kier molecular flexibility index (Phi) is 4.22. The van der Waals surface area contributed by atoms with E-state index in [2.05, 4.69) is 9.47 Å². The predicted molar refractivity (Wildman–Crippen MR) is 55.7 cm³/mol. The summed E-state index contributed by atoms with van der Waals surface area (Å²) in [6, 6.07) is 3.40. The molecule has 0 N–H and O–H groups in total. The van der Waals surface area contributed by atoms with Crippen molar-refractivity contribution in [3.8, 4) is 17.6 Å². The summed E-state index contributed by atoms with van der Waals surface area (Å²) in [6.45, 7) is 0. The first kappa shape index (κ1) is 14.6. The molecule has 0 atom stereocenters. The van der Waals surface area contributed by atoms with Crippen molar-refractivity contribution in [1.29, 1.82) is 5.26 Å². The van der Waals surface area contributed by atoms with E-state index in [0.717, 1.165) is 19.2 Å². The normalized spacial score (nSPS) is 10.5. The molecular weight excluding hydrogens is 267 g/mol. The smallest absolute Gasteiger partial charge is 0.495 e. The van der Waals surface area contributed by atoms with Crippen molar-refractivity contribution in [1.82, 2.24) is 0 Å². The Balaban J connectivity index is 3.41. The van der Waals surface area contributed by atoms with Gasteiger partial charge in [0.25, 0.3) is 0 Å². The van der Waals surface area contributed by atoms with Gasteiger partial charge in [0.1, 0.15) is 23.1 Å². The highest BCUT2D eigenvalue weighted by Crippen LogP contribution is 2.33. The third-order valence-electron chi connectivity index (χ3n) is 2.05. The highest BCUT2D eigenvalue weighted by atomic mass is 19.4. The molecule has 0 aliphatic carbocycles. The first-order valence-electron chi connectivity index (χ1n) is 4.78. The van der Waals surface area contributed by atoms with E-state index in [1.807, 2.05) is 0 Å². The third-order valence-corrected chi connectivity index (χ3v) is 2.05.